The first kappa shape index (κ1) is 12.8. The van der Waals surface area contributed by atoms with Crippen molar-refractivity contribution in [1.29, 1.82) is 0 Å². The number of carbonyl (C=O) groups excluding carboxylic acids is 1. The lowest BCUT2D eigenvalue weighted by Gasteiger charge is -2.05. The number of thioether (sulfide) groups is 1. The van der Waals surface area contributed by atoms with E-state index in [9.17, 15) is 14.9 Å². The summed E-state index contributed by atoms with van der Waals surface area (Å²) in [4.78, 5) is 21.3. The van der Waals surface area contributed by atoms with Gasteiger partial charge < -0.3 is 5.32 Å². The van der Waals surface area contributed by atoms with Gasteiger partial charge in [-0.2, -0.15) is 11.8 Å². The van der Waals surface area contributed by atoms with Gasteiger partial charge in [0.1, 0.15) is 0 Å². The molecular formula is C9H9ClN2O3S. The highest BCUT2D eigenvalue weighted by Gasteiger charge is 2.11. The average Bonchev–Trinajstić information content (AvgIpc) is 2.21. The zero-order chi connectivity index (χ0) is 12.1. The standard InChI is InChI=1S/C9H9ClN2O3S/c1-16-5-9(13)11-8-4-6(12(14)15)2-3-7(8)10/h2-4H,5H2,1H3,(H,11,13). The molecule has 1 amide bonds. The Morgan fingerprint density at radius 1 is 1.62 bits per heavy atom. The third kappa shape index (κ3) is 3.39. The summed E-state index contributed by atoms with van der Waals surface area (Å²) in [5.74, 6) is 0.0360. The van der Waals surface area contributed by atoms with E-state index >= 15 is 0 Å². The van der Waals surface area contributed by atoms with Crippen molar-refractivity contribution in [2.45, 2.75) is 0 Å². The van der Waals surface area contributed by atoms with E-state index in [-0.39, 0.29) is 28.1 Å². The molecule has 1 aromatic rings. The summed E-state index contributed by atoms with van der Waals surface area (Å²) in [6.07, 6.45) is 1.79. The zero-order valence-corrected chi connectivity index (χ0v) is 9.97. The van der Waals surface area contributed by atoms with Crippen LogP contribution in [-0.2, 0) is 4.79 Å². The van der Waals surface area contributed by atoms with Crippen molar-refractivity contribution in [2.75, 3.05) is 17.3 Å². The molecule has 5 nitrogen and oxygen atoms in total. The Kier molecular flexibility index (Phi) is 4.57. The van der Waals surface area contributed by atoms with Crippen LogP contribution in [0.15, 0.2) is 18.2 Å². The summed E-state index contributed by atoms with van der Waals surface area (Å²) in [5, 5.41) is 13.3. The van der Waals surface area contributed by atoms with Crippen molar-refractivity contribution in [1.82, 2.24) is 0 Å². The molecule has 1 N–H and O–H groups in total. The first-order valence-corrected chi connectivity index (χ1v) is 6.04. The molecule has 0 aliphatic rings. The molecule has 1 rings (SSSR count). The number of hydrogen-bond acceptors (Lipinski definition) is 4. The van der Waals surface area contributed by atoms with Crippen molar-refractivity contribution >= 4 is 40.6 Å². The first-order chi connectivity index (χ1) is 7.54. The highest BCUT2D eigenvalue weighted by molar-refractivity contribution is 7.99. The molecule has 0 atom stereocenters. The second-order valence-electron chi connectivity index (χ2n) is 2.90. The van der Waals surface area contributed by atoms with Gasteiger partial charge in [0.25, 0.3) is 5.69 Å². The lowest BCUT2D eigenvalue weighted by molar-refractivity contribution is -0.384. The Balaban J connectivity index is 2.90. The topological polar surface area (TPSA) is 72.2 Å². The Morgan fingerprint density at radius 2 is 2.31 bits per heavy atom. The van der Waals surface area contributed by atoms with E-state index in [1.165, 1.54) is 30.0 Å². The molecule has 0 aromatic heterocycles. The summed E-state index contributed by atoms with van der Waals surface area (Å²) in [7, 11) is 0. The molecule has 0 bridgehead atoms. The molecule has 0 radical (unpaired) electrons. The number of non-ortho nitro benzene ring substituents is 1. The smallest absolute Gasteiger partial charge is 0.271 e. The normalized spacial score (nSPS) is 9.88. The summed E-state index contributed by atoms with van der Waals surface area (Å²) in [5.41, 5.74) is 0.152. The Bertz CT molecular complexity index is 425. The molecule has 7 heteroatoms. The van der Waals surface area contributed by atoms with E-state index in [1.807, 2.05) is 0 Å². The average molecular weight is 261 g/mol. The van der Waals surface area contributed by atoms with Crippen LogP contribution in [-0.4, -0.2) is 22.8 Å². The van der Waals surface area contributed by atoms with Crippen LogP contribution in [0.1, 0.15) is 0 Å². The van der Waals surface area contributed by atoms with E-state index in [0.717, 1.165) is 0 Å². The molecular weight excluding hydrogens is 252 g/mol. The number of rotatable bonds is 4. The van der Waals surface area contributed by atoms with E-state index in [0.29, 0.717) is 0 Å². The number of halogens is 1. The van der Waals surface area contributed by atoms with Crippen molar-refractivity contribution < 1.29 is 9.72 Å². The fraction of sp³-hybridized carbons (Fsp3) is 0.222. The van der Waals surface area contributed by atoms with Crippen LogP contribution in [0.3, 0.4) is 0 Å². The highest BCUT2D eigenvalue weighted by Crippen LogP contribution is 2.26. The molecule has 0 saturated heterocycles. The maximum Gasteiger partial charge on any atom is 0.271 e. The molecule has 1 aromatic carbocycles. The molecule has 0 fully saturated rings. The van der Waals surface area contributed by atoms with Gasteiger partial charge in [-0.05, 0) is 12.3 Å². The SMILES string of the molecule is CSCC(=O)Nc1cc([N+](=O)[O-])ccc1Cl. The fourth-order valence-electron chi connectivity index (χ4n) is 1.04. The number of carbonyl (C=O) groups is 1. The number of nitro groups is 1. The lowest BCUT2D eigenvalue weighted by Crippen LogP contribution is -2.14. The van der Waals surface area contributed by atoms with Crippen LogP contribution in [0.4, 0.5) is 11.4 Å². The van der Waals surface area contributed by atoms with Gasteiger partial charge in [-0.25, -0.2) is 0 Å². The molecule has 0 aliphatic carbocycles. The first-order valence-electron chi connectivity index (χ1n) is 4.27. The number of anilines is 1. The van der Waals surface area contributed by atoms with Gasteiger partial charge in [0.05, 0.1) is 21.4 Å². The van der Waals surface area contributed by atoms with Crippen LogP contribution in [0.5, 0.6) is 0 Å². The number of amides is 1. The van der Waals surface area contributed by atoms with Crippen LogP contribution < -0.4 is 5.32 Å². The van der Waals surface area contributed by atoms with Crippen LogP contribution in [0, 0.1) is 10.1 Å². The van der Waals surface area contributed by atoms with E-state index in [1.54, 1.807) is 6.26 Å². The summed E-state index contributed by atoms with van der Waals surface area (Å²) < 4.78 is 0. The number of benzene rings is 1. The molecule has 0 unspecified atom stereocenters. The summed E-state index contributed by atoms with van der Waals surface area (Å²) in [6, 6.07) is 3.90. The Hall–Kier alpha value is -1.27. The predicted molar refractivity (Wildman–Crippen MR) is 65.1 cm³/mol. The minimum Gasteiger partial charge on any atom is -0.324 e. The van der Waals surface area contributed by atoms with Crippen molar-refractivity contribution in [3.8, 4) is 0 Å². The second-order valence-corrected chi connectivity index (χ2v) is 4.18. The number of hydrogen-bond donors (Lipinski definition) is 1. The summed E-state index contributed by atoms with van der Waals surface area (Å²) in [6.45, 7) is 0. The molecule has 0 spiro atoms. The van der Waals surface area contributed by atoms with E-state index in [4.69, 9.17) is 11.6 Å². The van der Waals surface area contributed by atoms with Crippen molar-refractivity contribution in [2.24, 2.45) is 0 Å². The fourth-order valence-corrected chi connectivity index (χ4v) is 1.54. The molecule has 0 saturated carbocycles. The van der Waals surface area contributed by atoms with Crippen LogP contribution >= 0.6 is 23.4 Å². The predicted octanol–water partition coefficient (Wildman–Crippen LogP) is 2.55. The highest BCUT2D eigenvalue weighted by atomic mass is 35.5. The quantitative estimate of drug-likeness (QED) is 0.667. The second kappa shape index (κ2) is 5.72. The Labute approximate surface area is 101 Å². The maximum absolute atomic E-state index is 11.3. The van der Waals surface area contributed by atoms with Crippen LogP contribution in [0.25, 0.3) is 0 Å². The maximum atomic E-state index is 11.3. The van der Waals surface area contributed by atoms with Gasteiger partial charge in [0.15, 0.2) is 0 Å². The number of nitrogens with one attached hydrogen (secondary N) is 1. The monoisotopic (exact) mass is 260 g/mol. The molecule has 16 heavy (non-hydrogen) atoms. The van der Waals surface area contributed by atoms with Gasteiger partial charge in [0, 0.05) is 12.1 Å². The number of nitro benzene ring substituents is 1. The van der Waals surface area contributed by atoms with Gasteiger partial charge >= 0.3 is 0 Å². The molecule has 0 heterocycles. The zero-order valence-electron chi connectivity index (χ0n) is 8.40. The Morgan fingerprint density at radius 3 is 2.88 bits per heavy atom. The van der Waals surface area contributed by atoms with Gasteiger partial charge in [-0.3, -0.25) is 14.9 Å². The minimum absolute atomic E-state index is 0.108. The van der Waals surface area contributed by atoms with Gasteiger partial charge in [-0.1, -0.05) is 11.6 Å². The van der Waals surface area contributed by atoms with Crippen LogP contribution in [0.2, 0.25) is 5.02 Å². The summed E-state index contributed by atoms with van der Waals surface area (Å²) >= 11 is 7.16. The third-order valence-electron chi connectivity index (χ3n) is 1.71. The largest absolute Gasteiger partial charge is 0.324 e. The minimum atomic E-state index is -0.541. The van der Waals surface area contributed by atoms with Crippen molar-refractivity contribution in [3.63, 3.8) is 0 Å². The van der Waals surface area contributed by atoms with E-state index in [2.05, 4.69) is 5.32 Å². The lowest BCUT2D eigenvalue weighted by atomic mass is 10.3. The van der Waals surface area contributed by atoms with Gasteiger partial charge in [-0.15, -0.1) is 0 Å². The third-order valence-corrected chi connectivity index (χ3v) is 2.59. The van der Waals surface area contributed by atoms with Gasteiger partial charge in [0.2, 0.25) is 5.91 Å². The number of nitrogens with zero attached hydrogens (tertiary/aromatic N) is 1. The van der Waals surface area contributed by atoms with Crippen molar-refractivity contribution in [3.05, 3.63) is 33.3 Å². The molecule has 0 aliphatic heterocycles. The molecule has 86 valence electrons. The van der Waals surface area contributed by atoms with E-state index < -0.39 is 4.92 Å².